The van der Waals surface area contributed by atoms with Crippen LogP contribution in [0.1, 0.15) is 33.1 Å². The van der Waals surface area contributed by atoms with Crippen molar-refractivity contribution in [2.24, 2.45) is 0 Å². The highest BCUT2D eigenvalue weighted by Gasteiger charge is 2.02. The van der Waals surface area contributed by atoms with Gasteiger partial charge in [-0.05, 0) is 37.0 Å². The van der Waals surface area contributed by atoms with E-state index < -0.39 is 0 Å². The minimum absolute atomic E-state index is 1.04. The van der Waals surface area contributed by atoms with E-state index in [2.05, 4.69) is 26.0 Å². The Morgan fingerprint density at radius 3 is 2.89 bits per heavy atom. The zero-order valence-corrected chi connectivity index (χ0v) is 6.20. The molecule has 1 aliphatic carbocycles. The topological polar surface area (TPSA) is 0 Å². The first-order valence-electron chi connectivity index (χ1n) is 3.61. The Bertz CT molecular complexity index is 149. The van der Waals surface area contributed by atoms with Crippen molar-refractivity contribution >= 4 is 0 Å². The van der Waals surface area contributed by atoms with Gasteiger partial charge in [0.1, 0.15) is 0 Å². The molecule has 0 N–H and O–H groups in total. The second-order valence-corrected chi connectivity index (χ2v) is 2.49. The van der Waals surface area contributed by atoms with Gasteiger partial charge in [-0.15, -0.1) is 0 Å². The number of hydrogen-bond donors (Lipinski definition) is 0. The molecule has 0 unspecified atom stereocenters. The van der Waals surface area contributed by atoms with Crippen LogP contribution in [0.25, 0.3) is 0 Å². The fourth-order valence-electron chi connectivity index (χ4n) is 1.15. The van der Waals surface area contributed by atoms with Gasteiger partial charge in [0.2, 0.25) is 0 Å². The molecule has 0 bridgehead atoms. The van der Waals surface area contributed by atoms with Crippen molar-refractivity contribution in [2.45, 2.75) is 33.1 Å². The van der Waals surface area contributed by atoms with Crippen LogP contribution in [-0.2, 0) is 0 Å². The lowest BCUT2D eigenvalue weighted by Crippen LogP contribution is -1.79. The maximum Gasteiger partial charge on any atom is -0.00858 e. The predicted molar refractivity (Wildman–Crippen MR) is 40.0 cm³/mol. The highest BCUT2D eigenvalue weighted by Crippen LogP contribution is 2.21. The van der Waals surface area contributed by atoms with Gasteiger partial charge < -0.3 is 0 Å². The van der Waals surface area contributed by atoms with Crippen molar-refractivity contribution < 1.29 is 0 Å². The molecule has 0 aromatic rings. The van der Waals surface area contributed by atoms with E-state index in [1.165, 1.54) is 24.0 Å². The Morgan fingerprint density at radius 2 is 2.44 bits per heavy atom. The molecular weight excluding hydrogens is 108 g/mol. The van der Waals surface area contributed by atoms with E-state index in [0.29, 0.717) is 0 Å². The van der Waals surface area contributed by atoms with Crippen LogP contribution in [0.5, 0.6) is 0 Å². The molecule has 0 aliphatic heterocycles. The van der Waals surface area contributed by atoms with Crippen molar-refractivity contribution in [1.29, 1.82) is 0 Å². The van der Waals surface area contributed by atoms with Gasteiger partial charge in [0.25, 0.3) is 0 Å². The highest BCUT2D eigenvalue weighted by atomic mass is 14.1. The van der Waals surface area contributed by atoms with Crippen molar-refractivity contribution in [3.05, 3.63) is 23.3 Å². The molecule has 49 valence electrons. The number of hydrogen-bond acceptors (Lipinski definition) is 0. The first-order chi connectivity index (χ1) is 4.34. The molecule has 0 heterocycles. The van der Waals surface area contributed by atoms with Gasteiger partial charge in [-0.1, -0.05) is 19.4 Å². The molecular formula is C9H13. The SMILES string of the molecule is CCCC1=CC[C]=C1C. The van der Waals surface area contributed by atoms with Gasteiger partial charge >= 0.3 is 0 Å². The molecule has 0 aromatic heterocycles. The fourth-order valence-corrected chi connectivity index (χ4v) is 1.15. The molecule has 0 fully saturated rings. The molecule has 0 heteroatoms. The molecule has 9 heavy (non-hydrogen) atoms. The molecule has 1 aliphatic rings. The van der Waals surface area contributed by atoms with Crippen LogP contribution in [0.2, 0.25) is 0 Å². The summed E-state index contributed by atoms with van der Waals surface area (Å²) in [7, 11) is 0. The molecule has 0 spiro atoms. The summed E-state index contributed by atoms with van der Waals surface area (Å²) in [6, 6.07) is 0. The van der Waals surface area contributed by atoms with Gasteiger partial charge in [0, 0.05) is 0 Å². The lowest BCUT2D eigenvalue weighted by atomic mass is 10.1. The summed E-state index contributed by atoms with van der Waals surface area (Å²) in [6.45, 7) is 4.36. The summed E-state index contributed by atoms with van der Waals surface area (Å²) in [4.78, 5) is 0. The Balaban J connectivity index is 2.50. The molecule has 0 aromatic carbocycles. The van der Waals surface area contributed by atoms with Gasteiger partial charge in [-0.2, -0.15) is 0 Å². The predicted octanol–water partition coefficient (Wildman–Crippen LogP) is 2.87. The van der Waals surface area contributed by atoms with Crippen molar-refractivity contribution in [3.63, 3.8) is 0 Å². The van der Waals surface area contributed by atoms with Crippen LogP contribution in [0.15, 0.2) is 17.2 Å². The Labute approximate surface area is 57.3 Å². The van der Waals surface area contributed by atoms with Crippen LogP contribution < -0.4 is 0 Å². The van der Waals surface area contributed by atoms with E-state index in [4.69, 9.17) is 0 Å². The zero-order valence-electron chi connectivity index (χ0n) is 6.20. The second-order valence-electron chi connectivity index (χ2n) is 2.49. The monoisotopic (exact) mass is 121 g/mol. The number of allylic oxidation sites excluding steroid dienone is 4. The Kier molecular flexibility index (Phi) is 2.10. The van der Waals surface area contributed by atoms with Gasteiger partial charge in [-0.3, -0.25) is 0 Å². The molecule has 0 atom stereocenters. The summed E-state index contributed by atoms with van der Waals surface area (Å²) < 4.78 is 0. The Hall–Kier alpha value is -0.520. The van der Waals surface area contributed by atoms with E-state index in [1.807, 2.05) is 0 Å². The maximum absolute atomic E-state index is 3.28. The molecule has 0 saturated carbocycles. The van der Waals surface area contributed by atoms with E-state index >= 15 is 0 Å². The van der Waals surface area contributed by atoms with Crippen molar-refractivity contribution in [3.8, 4) is 0 Å². The first-order valence-corrected chi connectivity index (χ1v) is 3.61. The lowest BCUT2D eigenvalue weighted by Gasteiger charge is -1.98. The van der Waals surface area contributed by atoms with E-state index in [0.717, 1.165) is 6.42 Å². The molecule has 0 nitrogen and oxygen atoms in total. The van der Waals surface area contributed by atoms with E-state index in [-0.39, 0.29) is 0 Å². The fraction of sp³-hybridized carbons (Fsp3) is 0.556. The minimum atomic E-state index is 1.04. The third kappa shape index (κ3) is 1.44. The van der Waals surface area contributed by atoms with Crippen LogP contribution in [0.4, 0.5) is 0 Å². The van der Waals surface area contributed by atoms with Gasteiger partial charge in [-0.25, -0.2) is 0 Å². The molecule has 0 amide bonds. The minimum Gasteiger partial charge on any atom is -0.0766 e. The quantitative estimate of drug-likeness (QED) is 0.527. The molecule has 0 saturated heterocycles. The first kappa shape index (κ1) is 6.60. The summed E-state index contributed by atoms with van der Waals surface area (Å²) in [5.74, 6) is 0. The average Bonchev–Trinajstić information content (AvgIpc) is 2.18. The summed E-state index contributed by atoms with van der Waals surface area (Å²) in [6.07, 6.45) is 9.09. The van der Waals surface area contributed by atoms with E-state index in [9.17, 15) is 0 Å². The Morgan fingerprint density at radius 1 is 1.67 bits per heavy atom. The summed E-state index contributed by atoms with van der Waals surface area (Å²) in [5.41, 5.74) is 2.88. The van der Waals surface area contributed by atoms with Crippen LogP contribution in [0.3, 0.4) is 0 Å². The third-order valence-corrected chi connectivity index (χ3v) is 1.72. The normalized spacial score (nSPS) is 17.6. The van der Waals surface area contributed by atoms with Crippen LogP contribution in [0, 0.1) is 6.08 Å². The lowest BCUT2D eigenvalue weighted by molar-refractivity contribution is 0.914. The summed E-state index contributed by atoms with van der Waals surface area (Å²) >= 11 is 0. The molecule has 1 radical (unpaired) electrons. The average molecular weight is 121 g/mol. The third-order valence-electron chi connectivity index (χ3n) is 1.72. The van der Waals surface area contributed by atoms with E-state index in [1.54, 1.807) is 0 Å². The zero-order chi connectivity index (χ0) is 6.69. The largest absolute Gasteiger partial charge is 0.0766 e. The summed E-state index contributed by atoms with van der Waals surface area (Å²) in [5, 5.41) is 0. The van der Waals surface area contributed by atoms with Crippen LogP contribution >= 0.6 is 0 Å². The van der Waals surface area contributed by atoms with Crippen molar-refractivity contribution in [1.82, 2.24) is 0 Å². The number of rotatable bonds is 2. The standard InChI is InChI=1S/C9H13/c1-3-5-9-7-4-6-8(9)2/h7H,3-5H2,1-2H3. The highest BCUT2D eigenvalue weighted by molar-refractivity contribution is 5.32. The smallest absolute Gasteiger partial charge is 0.00858 e. The molecule has 1 rings (SSSR count). The van der Waals surface area contributed by atoms with Gasteiger partial charge in [0.05, 0.1) is 0 Å². The van der Waals surface area contributed by atoms with Crippen LogP contribution in [-0.4, -0.2) is 0 Å². The second kappa shape index (κ2) is 2.86. The maximum atomic E-state index is 3.28. The van der Waals surface area contributed by atoms with Gasteiger partial charge in [0.15, 0.2) is 0 Å². The van der Waals surface area contributed by atoms with Crippen molar-refractivity contribution in [2.75, 3.05) is 0 Å².